The molecular weight excluding hydrogens is 380 g/mol. The van der Waals surface area contributed by atoms with Crippen LogP contribution in [0.2, 0.25) is 0 Å². The molecule has 0 saturated carbocycles. The van der Waals surface area contributed by atoms with Crippen LogP contribution in [0.15, 0.2) is 48.5 Å². The largest absolute Gasteiger partial charge is 0.504 e. The Hall–Kier alpha value is -3.72. The molecular formula is C24H22N2O4. The molecule has 2 aromatic carbocycles. The number of aromatic nitrogens is 1. The molecule has 0 radical (unpaired) electrons. The van der Waals surface area contributed by atoms with Crippen LogP contribution in [0.5, 0.6) is 5.75 Å². The number of ether oxygens (including phenoxy) is 1. The first-order chi connectivity index (χ1) is 14.5. The topological polar surface area (TPSA) is 100 Å². The van der Waals surface area contributed by atoms with Gasteiger partial charge in [0.1, 0.15) is 17.3 Å². The first-order valence-corrected chi connectivity index (χ1v) is 9.82. The monoisotopic (exact) mass is 402 g/mol. The van der Waals surface area contributed by atoms with E-state index in [0.29, 0.717) is 10.9 Å². The third kappa shape index (κ3) is 4.81. The van der Waals surface area contributed by atoms with Crippen LogP contribution in [0.1, 0.15) is 46.9 Å². The molecule has 1 aromatic heterocycles. The van der Waals surface area contributed by atoms with Gasteiger partial charge in [-0.1, -0.05) is 36.4 Å². The van der Waals surface area contributed by atoms with E-state index in [1.54, 1.807) is 13.0 Å². The zero-order valence-corrected chi connectivity index (χ0v) is 16.7. The second-order valence-corrected chi connectivity index (χ2v) is 6.86. The van der Waals surface area contributed by atoms with Crippen LogP contribution in [0.3, 0.4) is 0 Å². The van der Waals surface area contributed by atoms with Crippen molar-refractivity contribution in [3.63, 3.8) is 0 Å². The van der Waals surface area contributed by atoms with E-state index >= 15 is 0 Å². The highest BCUT2D eigenvalue weighted by Crippen LogP contribution is 2.30. The Balaban J connectivity index is 1.86. The van der Waals surface area contributed by atoms with Crippen molar-refractivity contribution in [3.05, 3.63) is 70.9 Å². The number of Topliss-reactive ketones (excluding diaryl/α,β-unsaturated/α-hetero) is 1. The van der Waals surface area contributed by atoms with Gasteiger partial charge in [0.25, 0.3) is 0 Å². The number of fused-ring (bicyclic) bond motifs is 1. The fourth-order valence-electron chi connectivity index (χ4n) is 3.26. The summed E-state index contributed by atoms with van der Waals surface area (Å²) in [7, 11) is 0. The normalized spacial score (nSPS) is 10.5. The minimum absolute atomic E-state index is 0.0149. The van der Waals surface area contributed by atoms with Crippen molar-refractivity contribution in [2.75, 3.05) is 6.61 Å². The minimum atomic E-state index is -0.507. The molecule has 0 atom stereocenters. The highest BCUT2D eigenvalue weighted by molar-refractivity contribution is 6.02. The number of carbonyl (C=O) groups excluding carboxylic acids is 2. The number of hydrogen-bond donors (Lipinski definition) is 1. The zero-order valence-electron chi connectivity index (χ0n) is 16.7. The smallest absolute Gasteiger partial charge is 0.306 e. The van der Waals surface area contributed by atoms with Crippen LogP contribution in [0, 0.1) is 11.3 Å². The Morgan fingerprint density at radius 1 is 1.07 bits per heavy atom. The number of nitrogens with zero attached hydrogens (tertiary/aromatic N) is 2. The minimum Gasteiger partial charge on any atom is -0.504 e. The van der Waals surface area contributed by atoms with Crippen molar-refractivity contribution in [2.45, 2.75) is 32.6 Å². The Bertz CT molecular complexity index is 1120. The van der Waals surface area contributed by atoms with E-state index in [2.05, 4.69) is 17.1 Å². The van der Waals surface area contributed by atoms with Gasteiger partial charge in [-0.2, -0.15) is 5.26 Å². The van der Waals surface area contributed by atoms with Crippen molar-refractivity contribution in [2.24, 2.45) is 0 Å². The van der Waals surface area contributed by atoms with E-state index in [1.807, 2.05) is 36.4 Å². The Morgan fingerprint density at radius 2 is 1.80 bits per heavy atom. The maximum Gasteiger partial charge on any atom is 0.306 e. The molecule has 6 nitrogen and oxygen atoms in total. The third-order valence-electron chi connectivity index (χ3n) is 4.81. The summed E-state index contributed by atoms with van der Waals surface area (Å²) in [5.74, 6) is -1.44. The number of aryl methyl sites for hydroxylation is 2. The number of carbonyl (C=O) groups is 2. The lowest BCUT2D eigenvalue weighted by molar-refractivity contribution is -0.143. The van der Waals surface area contributed by atoms with Crippen molar-refractivity contribution < 1.29 is 19.4 Å². The number of hydrogen-bond acceptors (Lipinski definition) is 6. The molecule has 30 heavy (non-hydrogen) atoms. The van der Waals surface area contributed by atoms with Gasteiger partial charge >= 0.3 is 5.97 Å². The summed E-state index contributed by atoms with van der Waals surface area (Å²) >= 11 is 0. The second-order valence-electron chi connectivity index (χ2n) is 6.86. The van der Waals surface area contributed by atoms with Crippen LogP contribution in [0.25, 0.3) is 10.9 Å². The van der Waals surface area contributed by atoms with Crippen molar-refractivity contribution in [1.82, 2.24) is 4.98 Å². The van der Waals surface area contributed by atoms with E-state index in [4.69, 9.17) is 4.74 Å². The molecule has 0 amide bonds. The lowest BCUT2D eigenvalue weighted by Gasteiger charge is -2.10. The Labute approximate surface area is 174 Å². The quantitative estimate of drug-likeness (QED) is 0.449. The number of aromatic hydroxyl groups is 1. The number of pyridine rings is 1. The fraction of sp³-hybridized carbons (Fsp3) is 0.250. The lowest BCUT2D eigenvalue weighted by Crippen LogP contribution is -2.10. The first kappa shape index (κ1) is 21.0. The van der Waals surface area contributed by atoms with Crippen molar-refractivity contribution in [1.29, 1.82) is 5.26 Å². The van der Waals surface area contributed by atoms with Crippen LogP contribution in [-0.2, 0) is 22.4 Å². The third-order valence-corrected chi connectivity index (χ3v) is 4.81. The maximum absolute atomic E-state index is 12.5. The van der Waals surface area contributed by atoms with Crippen LogP contribution < -0.4 is 0 Å². The van der Waals surface area contributed by atoms with E-state index in [-0.39, 0.29) is 30.7 Å². The molecule has 0 aliphatic rings. The standard InChI is InChI=1S/C24H22N2O4/c1-2-30-22(28)13-12-21(27)23-24(29)19(15-25)18-14-17(10-11-20(18)26-23)9-8-16-6-4-3-5-7-16/h3-7,10-11,14,29H,2,8-9,12-13H2,1H3. The average molecular weight is 402 g/mol. The molecule has 0 saturated heterocycles. The van der Waals surface area contributed by atoms with Gasteiger partial charge in [-0.25, -0.2) is 4.98 Å². The number of esters is 1. The number of ketones is 1. The van der Waals surface area contributed by atoms with Gasteiger partial charge in [0.05, 0.1) is 18.5 Å². The van der Waals surface area contributed by atoms with Crippen LogP contribution in [-0.4, -0.2) is 28.4 Å². The van der Waals surface area contributed by atoms with Gasteiger partial charge in [0, 0.05) is 11.8 Å². The molecule has 0 unspecified atom stereocenters. The number of benzene rings is 2. The van der Waals surface area contributed by atoms with E-state index in [1.165, 1.54) is 5.56 Å². The van der Waals surface area contributed by atoms with Crippen molar-refractivity contribution >= 4 is 22.7 Å². The van der Waals surface area contributed by atoms with Gasteiger partial charge in [-0.3, -0.25) is 9.59 Å². The van der Waals surface area contributed by atoms with Gasteiger partial charge in [-0.05, 0) is 43.0 Å². The van der Waals surface area contributed by atoms with Crippen molar-refractivity contribution in [3.8, 4) is 11.8 Å². The number of nitriles is 1. The molecule has 0 fully saturated rings. The van der Waals surface area contributed by atoms with Gasteiger partial charge in [0.15, 0.2) is 11.5 Å². The molecule has 0 aliphatic carbocycles. The van der Waals surface area contributed by atoms with Gasteiger partial charge in [0.2, 0.25) is 0 Å². The SMILES string of the molecule is CCOC(=O)CCC(=O)c1nc2ccc(CCc3ccccc3)cc2c(C#N)c1O. The molecule has 0 bridgehead atoms. The Kier molecular flexibility index (Phi) is 6.76. The summed E-state index contributed by atoms with van der Waals surface area (Å²) in [6, 6.07) is 17.5. The summed E-state index contributed by atoms with van der Waals surface area (Å²) in [6.45, 7) is 1.92. The highest BCUT2D eigenvalue weighted by atomic mass is 16.5. The average Bonchev–Trinajstić information content (AvgIpc) is 2.76. The van der Waals surface area contributed by atoms with Gasteiger partial charge in [-0.15, -0.1) is 0 Å². The highest BCUT2D eigenvalue weighted by Gasteiger charge is 2.21. The van der Waals surface area contributed by atoms with Gasteiger partial charge < -0.3 is 9.84 Å². The predicted octanol–water partition coefficient (Wildman–Crippen LogP) is 4.12. The molecule has 3 rings (SSSR count). The molecule has 0 spiro atoms. The molecule has 1 heterocycles. The summed E-state index contributed by atoms with van der Waals surface area (Å²) < 4.78 is 4.82. The molecule has 152 valence electrons. The molecule has 6 heteroatoms. The zero-order chi connectivity index (χ0) is 21.5. The summed E-state index contributed by atoms with van der Waals surface area (Å²) in [5, 5.41) is 20.6. The van der Waals surface area contributed by atoms with E-state index in [9.17, 15) is 20.0 Å². The fourth-order valence-corrected chi connectivity index (χ4v) is 3.26. The number of rotatable bonds is 8. The Morgan fingerprint density at radius 3 is 2.50 bits per heavy atom. The maximum atomic E-state index is 12.5. The molecule has 3 aromatic rings. The summed E-state index contributed by atoms with van der Waals surface area (Å²) in [6.07, 6.45) is 1.36. The van der Waals surface area contributed by atoms with E-state index in [0.717, 1.165) is 18.4 Å². The van der Waals surface area contributed by atoms with Crippen LogP contribution in [0.4, 0.5) is 0 Å². The molecule has 1 N–H and O–H groups in total. The van der Waals surface area contributed by atoms with E-state index < -0.39 is 17.5 Å². The lowest BCUT2D eigenvalue weighted by atomic mass is 9.99. The van der Waals surface area contributed by atoms with Crippen LogP contribution >= 0.6 is 0 Å². The molecule has 0 aliphatic heterocycles. The summed E-state index contributed by atoms with van der Waals surface area (Å²) in [5.41, 5.74) is 2.49. The summed E-state index contributed by atoms with van der Waals surface area (Å²) in [4.78, 5) is 28.2. The second kappa shape index (κ2) is 9.66. The predicted molar refractivity (Wildman–Crippen MR) is 112 cm³/mol. The first-order valence-electron chi connectivity index (χ1n) is 9.82.